The number of nitrogen functional groups attached to an aromatic ring is 1. The Bertz CT molecular complexity index is 392. The summed E-state index contributed by atoms with van der Waals surface area (Å²) >= 11 is 0. The molecule has 0 unspecified atom stereocenters. The lowest BCUT2D eigenvalue weighted by atomic mass is 10.1. The summed E-state index contributed by atoms with van der Waals surface area (Å²) in [6.45, 7) is -0.196. The standard InChI is InChI=1S/C11H15FN2O3/c12-9-2-1-8(7-10(9)13)11(17)14(3-5-15)4-6-16/h1-2,7,15-16H,3-6,13H2. The molecule has 1 aromatic carbocycles. The molecule has 4 N–H and O–H groups in total. The van der Waals surface area contributed by atoms with Gasteiger partial charge in [-0.05, 0) is 18.2 Å². The molecule has 0 aliphatic heterocycles. The van der Waals surface area contributed by atoms with Crippen LogP contribution < -0.4 is 5.73 Å². The lowest BCUT2D eigenvalue weighted by molar-refractivity contribution is 0.0685. The van der Waals surface area contributed by atoms with Gasteiger partial charge in [-0.3, -0.25) is 4.79 Å². The van der Waals surface area contributed by atoms with Crippen LogP contribution in [0.1, 0.15) is 10.4 Å². The maximum Gasteiger partial charge on any atom is 0.254 e. The van der Waals surface area contributed by atoms with E-state index >= 15 is 0 Å². The molecule has 1 rings (SSSR count). The molecule has 17 heavy (non-hydrogen) atoms. The Morgan fingerprint density at radius 2 is 1.88 bits per heavy atom. The van der Waals surface area contributed by atoms with Gasteiger partial charge in [0.25, 0.3) is 5.91 Å². The van der Waals surface area contributed by atoms with Gasteiger partial charge in [0.1, 0.15) is 5.82 Å². The third-order valence-corrected chi connectivity index (χ3v) is 2.27. The second-order valence-electron chi connectivity index (χ2n) is 3.48. The topological polar surface area (TPSA) is 86.8 Å². The highest BCUT2D eigenvalue weighted by atomic mass is 19.1. The van der Waals surface area contributed by atoms with Gasteiger partial charge in [0.15, 0.2) is 0 Å². The van der Waals surface area contributed by atoms with Crippen molar-refractivity contribution in [1.29, 1.82) is 0 Å². The van der Waals surface area contributed by atoms with Crippen molar-refractivity contribution in [1.82, 2.24) is 4.90 Å². The van der Waals surface area contributed by atoms with Gasteiger partial charge in [-0.1, -0.05) is 0 Å². The second kappa shape index (κ2) is 6.17. The molecule has 0 radical (unpaired) electrons. The number of halogens is 1. The minimum Gasteiger partial charge on any atom is -0.396 e. The Kier molecular flexibility index (Phi) is 4.86. The van der Waals surface area contributed by atoms with Gasteiger partial charge in [0.05, 0.1) is 18.9 Å². The Morgan fingerprint density at radius 1 is 1.29 bits per heavy atom. The lowest BCUT2D eigenvalue weighted by Gasteiger charge is -2.20. The maximum absolute atomic E-state index is 12.9. The number of hydrogen-bond donors (Lipinski definition) is 3. The molecule has 0 aliphatic rings. The molecule has 94 valence electrons. The van der Waals surface area contributed by atoms with Gasteiger partial charge in [-0.25, -0.2) is 4.39 Å². The quantitative estimate of drug-likeness (QED) is 0.626. The number of aliphatic hydroxyl groups is 2. The molecule has 0 bridgehead atoms. The maximum atomic E-state index is 12.9. The highest BCUT2D eigenvalue weighted by Crippen LogP contribution is 2.14. The molecule has 0 saturated heterocycles. The molecule has 0 aliphatic carbocycles. The van der Waals surface area contributed by atoms with Gasteiger partial charge < -0.3 is 20.8 Å². The Balaban J connectivity index is 2.88. The van der Waals surface area contributed by atoms with Crippen LogP contribution in [0.15, 0.2) is 18.2 Å². The van der Waals surface area contributed by atoms with E-state index in [-0.39, 0.29) is 37.6 Å². The molecule has 6 heteroatoms. The van der Waals surface area contributed by atoms with Crippen LogP contribution in [0.4, 0.5) is 10.1 Å². The van der Waals surface area contributed by atoms with Crippen molar-refractivity contribution in [2.45, 2.75) is 0 Å². The number of amides is 1. The van der Waals surface area contributed by atoms with Crippen LogP contribution in [0.5, 0.6) is 0 Å². The summed E-state index contributed by atoms with van der Waals surface area (Å²) < 4.78 is 12.9. The van der Waals surface area contributed by atoms with Crippen molar-refractivity contribution in [3.63, 3.8) is 0 Å². The highest BCUT2D eigenvalue weighted by molar-refractivity contribution is 5.95. The predicted molar refractivity (Wildman–Crippen MR) is 60.9 cm³/mol. The summed E-state index contributed by atoms with van der Waals surface area (Å²) in [4.78, 5) is 13.2. The van der Waals surface area contributed by atoms with Gasteiger partial charge >= 0.3 is 0 Å². The zero-order valence-corrected chi connectivity index (χ0v) is 9.27. The van der Waals surface area contributed by atoms with Gasteiger partial charge in [-0.15, -0.1) is 0 Å². The summed E-state index contributed by atoms with van der Waals surface area (Å²) in [6.07, 6.45) is 0. The van der Waals surface area contributed by atoms with Crippen molar-refractivity contribution in [2.24, 2.45) is 0 Å². The van der Waals surface area contributed by atoms with Crippen LogP contribution in [0.25, 0.3) is 0 Å². The summed E-state index contributed by atoms with van der Waals surface area (Å²) in [5, 5.41) is 17.6. The van der Waals surface area contributed by atoms with E-state index in [1.54, 1.807) is 0 Å². The number of rotatable bonds is 5. The molecular weight excluding hydrogens is 227 g/mol. The largest absolute Gasteiger partial charge is 0.396 e. The first-order valence-corrected chi connectivity index (χ1v) is 5.16. The Labute approximate surface area is 98.3 Å². The van der Waals surface area contributed by atoms with Crippen LogP contribution in [0.2, 0.25) is 0 Å². The third kappa shape index (κ3) is 3.40. The predicted octanol–water partition coefficient (Wildman–Crippen LogP) is -0.165. The highest BCUT2D eigenvalue weighted by Gasteiger charge is 2.15. The number of hydrogen-bond acceptors (Lipinski definition) is 4. The van der Waals surface area contributed by atoms with E-state index in [1.807, 2.05) is 0 Å². The third-order valence-electron chi connectivity index (χ3n) is 2.27. The average molecular weight is 242 g/mol. The Morgan fingerprint density at radius 3 is 2.35 bits per heavy atom. The number of anilines is 1. The number of benzene rings is 1. The van der Waals surface area contributed by atoms with E-state index in [2.05, 4.69) is 0 Å². The van der Waals surface area contributed by atoms with E-state index < -0.39 is 11.7 Å². The summed E-state index contributed by atoms with van der Waals surface area (Å²) in [6, 6.07) is 3.66. The normalized spacial score (nSPS) is 10.3. The molecule has 0 spiro atoms. The van der Waals surface area contributed by atoms with E-state index in [4.69, 9.17) is 15.9 Å². The average Bonchev–Trinajstić information content (AvgIpc) is 2.31. The van der Waals surface area contributed by atoms with Crippen molar-refractivity contribution >= 4 is 11.6 Å². The zero-order valence-electron chi connectivity index (χ0n) is 9.27. The summed E-state index contributed by atoms with van der Waals surface area (Å²) in [7, 11) is 0. The van der Waals surface area contributed by atoms with Crippen molar-refractivity contribution in [3.05, 3.63) is 29.6 Å². The van der Waals surface area contributed by atoms with Crippen molar-refractivity contribution < 1.29 is 19.4 Å². The molecular formula is C11H15FN2O3. The van der Waals surface area contributed by atoms with Gasteiger partial charge in [0.2, 0.25) is 0 Å². The van der Waals surface area contributed by atoms with Crippen molar-refractivity contribution in [3.8, 4) is 0 Å². The molecule has 0 saturated carbocycles. The first kappa shape index (κ1) is 13.4. The fourth-order valence-electron chi connectivity index (χ4n) is 1.42. The fourth-order valence-corrected chi connectivity index (χ4v) is 1.42. The Hall–Kier alpha value is -1.66. The van der Waals surface area contributed by atoms with Crippen LogP contribution >= 0.6 is 0 Å². The van der Waals surface area contributed by atoms with E-state index in [9.17, 15) is 9.18 Å². The minimum atomic E-state index is -0.586. The van der Waals surface area contributed by atoms with Crippen LogP contribution in [0, 0.1) is 5.82 Å². The number of aliphatic hydroxyl groups excluding tert-OH is 2. The van der Waals surface area contributed by atoms with Crippen molar-refractivity contribution in [2.75, 3.05) is 32.0 Å². The number of nitrogens with two attached hydrogens (primary N) is 1. The van der Waals surface area contributed by atoms with Crippen LogP contribution in [-0.4, -0.2) is 47.3 Å². The first-order chi connectivity index (χ1) is 8.10. The molecule has 0 aromatic heterocycles. The minimum absolute atomic E-state index is 0.108. The molecule has 5 nitrogen and oxygen atoms in total. The van der Waals surface area contributed by atoms with Gasteiger partial charge in [0, 0.05) is 18.7 Å². The number of nitrogens with zero attached hydrogens (tertiary/aromatic N) is 1. The second-order valence-corrected chi connectivity index (χ2v) is 3.48. The zero-order chi connectivity index (χ0) is 12.8. The number of carbonyl (C=O) groups is 1. The fraction of sp³-hybridized carbons (Fsp3) is 0.364. The monoisotopic (exact) mass is 242 g/mol. The van der Waals surface area contributed by atoms with E-state index in [0.717, 1.165) is 6.07 Å². The molecule has 1 aromatic rings. The smallest absolute Gasteiger partial charge is 0.254 e. The molecule has 0 heterocycles. The molecule has 1 amide bonds. The molecule has 0 fully saturated rings. The number of carbonyl (C=O) groups excluding carboxylic acids is 1. The summed E-state index contributed by atoms with van der Waals surface area (Å²) in [5.74, 6) is -0.989. The molecule has 0 atom stereocenters. The lowest BCUT2D eigenvalue weighted by Crippen LogP contribution is -2.35. The van der Waals surface area contributed by atoms with E-state index in [0.29, 0.717) is 0 Å². The first-order valence-electron chi connectivity index (χ1n) is 5.16. The van der Waals surface area contributed by atoms with Crippen LogP contribution in [0.3, 0.4) is 0 Å². The summed E-state index contributed by atoms with van der Waals surface area (Å²) in [5.41, 5.74) is 5.48. The van der Waals surface area contributed by atoms with E-state index in [1.165, 1.54) is 17.0 Å². The van der Waals surface area contributed by atoms with Gasteiger partial charge in [-0.2, -0.15) is 0 Å². The van der Waals surface area contributed by atoms with Crippen LogP contribution in [-0.2, 0) is 0 Å². The SMILES string of the molecule is Nc1cc(C(=O)N(CCO)CCO)ccc1F.